The third-order valence-corrected chi connectivity index (χ3v) is 3.92. The number of hydrogen-bond donors (Lipinski definition) is 0. The van der Waals surface area contributed by atoms with E-state index in [0.29, 0.717) is 23.9 Å². The number of benzene rings is 1. The molecule has 23 heavy (non-hydrogen) atoms. The number of anilines is 1. The van der Waals surface area contributed by atoms with E-state index in [1.807, 2.05) is 6.07 Å². The molecule has 1 aliphatic rings. The van der Waals surface area contributed by atoms with Gasteiger partial charge >= 0.3 is 0 Å². The molecule has 1 fully saturated rings. The van der Waals surface area contributed by atoms with Crippen LogP contribution in [0.5, 0.6) is 0 Å². The number of amides is 2. The summed E-state index contributed by atoms with van der Waals surface area (Å²) in [5, 5.41) is 11.5. The van der Waals surface area contributed by atoms with Crippen molar-refractivity contribution >= 4 is 29.1 Å². The second kappa shape index (κ2) is 6.33. The molecule has 0 saturated carbocycles. The highest BCUT2D eigenvalue weighted by molar-refractivity contribution is 6.30. The summed E-state index contributed by atoms with van der Waals surface area (Å²) in [6.45, 7) is 2.67. The van der Waals surface area contributed by atoms with Crippen LogP contribution in [-0.2, 0) is 16.1 Å². The maximum absolute atomic E-state index is 12.3. The lowest BCUT2D eigenvalue weighted by atomic mass is 10.2. The Labute approximate surface area is 137 Å². The van der Waals surface area contributed by atoms with Crippen molar-refractivity contribution in [2.45, 2.75) is 13.5 Å². The van der Waals surface area contributed by atoms with Crippen molar-refractivity contribution < 1.29 is 9.59 Å². The van der Waals surface area contributed by atoms with Crippen LogP contribution in [0.15, 0.2) is 24.3 Å². The van der Waals surface area contributed by atoms with Gasteiger partial charge in [-0.25, -0.2) is 4.68 Å². The van der Waals surface area contributed by atoms with E-state index in [9.17, 15) is 9.59 Å². The van der Waals surface area contributed by atoms with E-state index in [1.165, 1.54) is 9.58 Å². The summed E-state index contributed by atoms with van der Waals surface area (Å²) in [5.41, 5.74) is 0.742. The molecule has 1 aromatic heterocycles. The molecule has 0 N–H and O–H groups in total. The summed E-state index contributed by atoms with van der Waals surface area (Å²) in [6.07, 6.45) is 0. The molecule has 0 unspecified atom stereocenters. The molecule has 2 heterocycles. The van der Waals surface area contributed by atoms with Crippen LogP contribution in [0.1, 0.15) is 5.82 Å². The van der Waals surface area contributed by atoms with Crippen LogP contribution in [0.3, 0.4) is 0 Å². The van der Waals surface area contributed by atoms with Crippen LogP contribution >= 0.6 is 11.6 Å². The van der Waals surface area contributed by atoms with Crippen LogP contribution in [0.2, 0.25) is 5.02 Å². The first-order chi connectivity index (χ1) is 11.0. The number of rotatable bonds is 3. The molecular formula is C14H15ClN6O2. The normalized spacial score (nSPS) is 15.1. The predicted molar refractivity (Wildman–Crippen MR) is 82.9 cm³/mol. The Morgan fingerprint density at radius 2 is 2.17 bits per heavy atom. The molecule has 3 rings (SSSR count). The lowest BCUT2D eigenvalue weighted by Crippen LogP contribution is -2.53. The first-order valence-corrected chi connectivity index (χ1v) is 7.49. The van der Waals surface area contributed by atoms with Gasteiger partial charge in [-0.1, -0.05) is 17.7 Å². The summed E-state index contributed by atoms with van der Waals surface area (Å²) < 4.78 is 1.41. The summed E-state index contributed by atoms with van der Waals surface area (Å²) in [6, 6.07) is 7.11. The Morgan fingerprint density at radius 1 is 1.35 bits per heavy atom. The van der Waals surface area contributed by atoms with Gasteiger partial charge in [-0.3, -0.25) is 9.59 Å². The maximum atomic E-state index is 12.3. The van der Waals surface area contributed by atoms with Crippen LogP contribution in [0, 0.1) is 6.92 Å². The van der Waals surface area contributed by atoms with Crippen molar-refractivity contribution in [3.05, 3.63) is 35.1 Å². The maximum Gasteiger partial charge on any atom is 0.246 e. The number of carbonyl (C=O) groups is 2. The van der Waals surface area contributed by atoms with Crippen LogP contribution < -0.4 is 4.90 Å². The van der Waals surface area contributed by atoms with Crippen molar-refractivity contribution in [3.63, 3.8) is 0 Å². The van der Waals surface area contributed by atoms with Gasteiger partial charge in [-0.05, 0) is 35.5 Å². The third-order valence-electron chi connectivity index (χ3n) is 3.69. The average molecular weight is 335 g/mol. The largest absolute Gasteiger partial charge is 0.330 e. The van der Waals surface area contributed by atoms with Gasteiger partial charge < -0.3 is 9.80 Å². The third kappa shape index (κ3) is 3.31. The molecule has 8 nitrogen and oxygen atoms in total. The minimum atomic E-state index is -0.181. The Bertz CT molecular complexity index is 746. The molecule has 1 aliphatic heterocycles. The van der Waals surface area contributed by atoms with Crippen LogP contribution in [0.25, 0.3) is 0 Å². The summed E-state index contributed by atoms with van der Waals surface area (Å²) in [5.74, 6) is 0.238. The quantitative estimate of drug-likeness (QED) is 0.816. The molecule has 0 atom stereocenters. The van der Waals surface area contributed by atoms with E-state index in [2.05, 4.69) is 15.5 Å². The number of aryl methyl sites for hydroxylation is 1. The summed E-state index contributed by atoms with van der Waals surface area (Å²) >= 11 is 5.96. The van der Waals surface area contributed by atoms with Gasteiger partial charge in [0.05, 0.1) is 0 Å². The molecule has 120 valence electrons. The van der Waals surface area contributed by atoms with Crippen LogP contribution in [0.4, 0.5) is 5.69 Å². The highest BCUT2D eigenvalue weighted by Crippen LogP contribution is 2.21. The van der Waals surface area contributed by atoms with E-state index in [4.69, 9.17) is 11.6 Å². The van der Waals surface area contributed by atoms with Crippen molar-refractivity contribution in [1.29, 1.82) is 0 Å². The fraction of sp³-hybridized carbons (Fsp3) is 0.357. The summed E-state index contributed by atoms with van der Waals surface area (Å²) in [4.78, 5) is 27.8. The second-order valence-corrected chi connectivity index (χ2v) is 5.66. The summed E-state index contributed by atoms with van der Waals surface area (Å²) in [7, 11) is 0. The zero-order chi connectivity index (χ0) is 16.4. The number of hydrogen-bond acceptors (Lipinski definition) is 5. The first kappa shape index (κ1) is 15.4. The van der Waals surface area contributed by atoms with E-state index in [-0.39, 0.29) is 24.9 Å². The van der Waals surface area contributed by atoms with Crippen molar-refractivity contribution in [2.24, 2.45) is 0 Å². The molecule has 0 bridgehead atoms. The zero-order valence-electron chi connectivity index (χ0n) is 12.5. The van der Waals surface area contributed by atoms with Gasteiger partial charge in [0.25, 0.3) is 0 Å². The first-order valence-electron chi connectivity index (χ1n) is 7.11. The number of aromatic nitrogens is 4. The lowest BCUT2D eigenvalue weighted by Gasteiger charge is -2.34. The van der Waals surface area contributed by atoms with Gasteiger partial charge in [0.15, 0.2) is 0 Å². The second-order valence-electron chi connectivity index (χ2n) is 5.22. The molecular weight excluding hydrogens is 320 g/mol. The Morgan fingerprint density at radius 3 is 2.83 bits per heavy atom. The molecule has 9 heteroatoms. The average Bonchev–Trinajstić information content (AvgIpc) is 2.92. The number of piperazine rings is 1. The molecule has 2 amide bonds. The van der Waals surface area contributed by atoms with E-state index in [1.54, 1.807) is 30.0 Å². The van der Waals surface area contributed by atoms with Crippen molar-refractivity contribution in [2.75, 3.05) is 24.5 Å². The van der Waals surface area contributed by atoms with Gasteiger partial charge in [0.2, 0.25) is 11.8 Å². The minimum Gasteiger partial charge on any atom is -0.330 e. The number of halogens is 1. The zero-order valence-corrected chi connectivity index (χ0v) is 13.3. The van der Waals surface area contributed by atoms with Crippen molar-refractivity contribution in [1.82, 2.24) is 25.1 Å². The number of tetrazole rings is 1. The Balaban J connectivity index is 1.65. The SMILES string of the molecule is Cc1nnnn1CC(=O)N1CCN(c2cccc(Cl)c2)C(=O)C1. The molecule has 2 aromatic rings. The van der Waals surface area contributed by atoms with Gasteiger partial charge in [0, 0.05) is 23.8 Å². The number of nitrogens with zero attached hydrogens (tertiary/aromatic N) is 6. The fourth-order valence-corrected chi connectivity index (χ4v) is 2.61. The lowest BCUT2D eigenvalue weighted by molar-refractivity contribution is -0.137. The van der Waals surface area contributed by atoms with Gasteiger partial charge in [-0.2, -0.15) is 0 Å². The molecule has 0 spiro atoms. The standard InChI is InChI=1S/C14H15ClN6O2/c1-10-16-17-18-21(10)9-13(22)19-5-6-20(14(23)8-19)12-4-2-3-11(15)7-12/h2-4,7H,5-6,8-9H2,1H3. The van der Waals surface area contributed by atoms with E-state index in [0.717, 1.165) is 5.69 Å². The Kier molecular flexibility index (Phi) is 4.24. The van der Waals surface area contributed by atoms with Crippen molar-refractivity contribution in [3.8, 4) is 0 Å². The molecule has 1 saturated heterocycles. The molecule has 0 radical (unpaired) electrons. The van der Waals surface area contributed by atoms with Crippen LogP contribution in [-0.4, -0.2) is 56.6 Å². The Hall–Kier alpha value is -2.48. The van der Waals surface area contributed by atoms with Gasteiger partial charge in [-0.15, -0.1) is 5.10 Å². The molecule has 0 aliphatic carbocycles. The fourth-order valence-electron chi connectivity index (χ4n) is 2.43. The van der Waals surface area contributed by atoms with Gasteiger partial charge in [0.1, 0.15) is 18.9 Å². The van der Waals surface area contributed by atoms with E-state index >= 15 is 0 Å². The molecule has 1 aromatic carbocycles. The predicted octanol–water partition coefficient (Wildman–Crippen LogP) is 0.510. The highest BCUT2D eigenvalue weighted by Gasteiger charge is 2.28. The topological polar surface area (TPSA) is 84.2 Å². The number of carbonyl (C=O) groups excluding carboxylic acids is 2. The monoisotopic (exact) mass is 334 g/mol. The highest BCUT2D eigenvalue weighted by atomic mass is 35.5. The minimum absolute atomic E-state index is 0.0310. The smallest absolute Gasteiger partial charge is 0.246 e. The van der Waals surface area contributed by atoms with E-state index < -0.39 is 0 Å².